The van der Waals surface area contributed by atoms with Crippen LogP contribution in [0.1, 0.15) is 12.0 Å². The van der Waals surface area contributed by atoms with E-state index in [1.54, 1.807) is 6.33 Å². The Labute approximate surface area is 150 Å². The third-order valence-electron chi connectivity index (χ3n) is 5.50. The minimum absolute atomic E-state index is 0.191. The second-order valence-corrected chi connectivity index (χ2v) is 7.10. The second kappa shape index (κ2) is 5.72. The predicted molar refractivity (Wildman–Crippen MR) is 99.7 cm³/mol. The van der Waals surface area contributed by atoms with Crippen molar-refractivity contribution in [2.24, 2.45) is 0 Å². The molecule has 2 aliphatic heterocycles. The lowest BCUT2D eigenvalue weighted by Crippen LogP contribution is -2.49. The number of fused-ring (bicyclic) bond motifs is 3. The molecule has 2 aromatic heterocycles. The molecular formula is C19H20N6O. The van der Waals surface area contributed by atoms with Crippen LogP contribution >= 0.6 is 0 Å². The van der Waals surface area contributed by atoms with Crippen LogP contribution < -0.4 is 10.6 Å². The Morgan fingerprint density at radius 1 is 1.15 bits per heavy atom. The van der Waals surface area contributed by atoms with E-state index >= 15 is 0 Å². The van der Waals surface area contributed by atoms with Crippen molar-refractivity contribution >= 4 is 28.4 Å². The fourth-order valence-electron chi connectivity index (χ4n) is 4.23. The number of nitrogens with zero attached hydrogens (tertiary/aromatic N) is 4. The summed E-state index contributed by atoms with van der Waals surface area (Å²) in [5.74, 6) is 1.16. The number of nitrogens with one attached hydrogen (secondary N) is 1. The molecule has 2 bridgehead atoms. The fraction of sp³-hybridized carbons (Fsp3) is 0.316. The minimum Gasteiger partial charge on any atom is -0.399 e. The zero-order valence-electron chi connectivity index (χ0n) is 14.3. The minimum atomic E-state index is 0.191. The molecule has 0 saturated carbocycles. The summed E-state index contributed by atoms with van der Waals surface area (Å²) in [6, 6.07) is 10.1. The number of anilines is 2. The fourth-order valence-corrected chi connectivity index (χ4v) is 4.23. The van der Waals surface area contributed by atoms with E-state index in [1.165, 1.54) is 0 Å². The summed E-state index contributed by atoms with van der Waals surface area (Å²) in [5.41, 5.74) is 8.30. The second-order valence-electron chi connectivity index (χ2n) is 7.10. The summed E-state index contributed by atoms with van der Waals surface area (Å²) in [4.78, 5) is 29.0. The number of carbonyl (C=O) groups is 1. The topological polar surface area (TPSA) is 91.1 Å². The largest absolute Gasteiger partial charge is 0.399 e. The number of carbonyl (C=O) groups excluding carboxylic acids is 1. The quantitative estimate of drug-likeness (QED) is 0.701. The zero-order valence-corrected chi connectivity index (χ0v) is 14.3. The first-order valence-corrected chi connectivity index (χ1v) is 8.87. The highest BCUT2D eigenvalue weighted by atomic mass is 16.2. The number of piperazine rings is 1. The number of likely N-dealkylation sites (tertiary alicyclic amines) is 1. The molecular weight excluding hydrogens is 328 g/mol. The van der Waals surface area contributed by atoms with Crippen LogP contribution in [0.25, 0.3) is 11.0 Å². The van der Waals surface area contributed by atoms with E-state index in [9.17, 15) is 4.79 Å². The molecule has 0 aliphatic carbocycles. The average molecular weight is 348 g/mol. The number of H-pyrrole nitrogens is 1. The summed E-state index contributed by atoms with van der Waals surface area (Å²) in [7, 11) is 0. The van der Waals surface area contributed by atoms with Crippen molar-refractivity contribution < 1.29 is 4.79 Å². The van der Waals surface area contributed by atoms with Gasteiger partial charge in [0.25, 0.3) is 0 Å². The van der Waals surface area contributed by atoms with Crippen LogP contribution in [0.3, 0.4) is 0 Å². The van der Waals surface area contributed by atoms with Crippen molar-refractivity contribution in [3.8, 4) is 0 Å². The number of nitrogen functional groups attached to an aromatic ring is 1. The first-order chi connectivity index (χ1) is 12.7. The number of hydrogen-bond acceptors (Lipinski definition) is 5. The summed E-state index contributed by atoms with van der Waals surface area (Å²) in [5, 5.41) is 1.04. The van der Waals surface area contributed by atoms with E-state index < -0.39 is 0 Å². The lowest BCUT2D eigenvalue weighted by atomic mass is 10.1. The van der Waals surface area contributed by atoms with Gasteiger partial charge in [-0.25, -0.2) is 9.97 Å². The van der Waals surface area contributed by atoms with Gasteiger partial charge in [0.1, 0.15) is 17.8 Å². The van der Waals surface area contributed by atoms with Gasteiger partial charge in [-0.05, 0) is 30.2 Å². The predicted octanol–water partition coefficient (Wildman–Crippen LogP) is 1.57. The maximum atomic E-state index is 12.7. The summed E-state index contributed by atoms with van der Waals surface area (Å²) in [6.45, 7) is 1.59. The van der Waals surface area contributed by atoms with Gasteiger partial charge in [-0.3, -0.25) is 4.79 Å². The van der Waals surface area contributed by atoms with Gasteiger partial charge in [0.15, 0.2) is 0 Å². The lowest BCUT2D eigenvalue weighted by Gasteiger charge is -2.35. The molecule has 2 aliphatic rings. The smallest absolute Gasteiger partial charge is 0.227 e. The molecule has 4 heterocycles. The molecule has 0 radical (unpaired) electrons. The highest BCUT2D eigenvalue weighted by Crippen LogP contribution is 2.36. The van der Waals surface area contributed by atoms with Crippen LogP contribution in [0.5, 0.6) is 0 Å². The maximum absolute atomic E-state index is 12.7. The Morgan fingerprint density at radius 3 is 2.77 bits per heavy atom. The van der Waals surface area contributed by atoms with E-state index in [-0.39, 0.29) is 11.9 Å². The van der Waals surface area contributed by atoms with Gasteiger partial charge in [-0.15, -0.1) is 0 Å². The van der Waals surface area contributed by atoms with Crippen molar-refractivity contribution in [2.45, 2.75) is 24.9 Å². The van der Waals surface area contributed by atoms with E-state index in [1.807, 2.05) is 41.4 Å². The molecule has 132 valence electrons. The Kier molecular flexibility index (Phi) is 3.34. The summed E-state index contributed by atoms with van der Waals surface area (Å²) < 4.78 is 0. The standard InChI is InChI=1S/C19H20N6O/c20-13-3-1-12(2-4-13)7-17(26)24-9-15-8-14(24)10-25(15)19-16-5-6-21-18(16)22-11-23-19/h1-6,11,14-15H,7-10,20H2,(H,21,22,23). The molecule has 2 saturated heterocycles. The van der Waals surface area contributed by atoms with Crippen molar-refractivity contribution in [1.29, 1.82) is 0 Å². The monoisotopic (exact) mass is 348 g/mol. The van der Waals surface area contributed by atoms with E-state index in [2.05, 4.69) is 19.9 Å². The van der Waals surface area contributed by atoms with Crippen molar-refractivity contribution in [3.05, 3.63) is 48.4 Å². The van der Waals surface area contributed by atoms with Crippen molar-refractivity contribution in [2.75, 3.05) is 23.7 Å². The van der Waals surface area contributed by atoms with Crippen LogP contribution in [0.15, 0.2) is 42.9 Å². The molecule has 0 spiro atoms. The average Bonchev–Trinajstić information content (AvgIpc) is 3.38. The molecule has 3 aromatic rings. The lowest BCUT2D eigenvalue weighted by molar-refractivity contribution is -0.131. The normalized spacial score (nSPS) is 21.7. The van der Waals surface area contributed by atoms with Crippen molar-refractivity contribution in [1.82, 2.24) is 19.9 Å². The van der Waals surface area contributed by atoms with Gasteiger partial charge in [0.05, 0.1) is 23.9 Å². The van der Waals surface area contributed by atoms with E-state index in [0.717, 1.165) is 47.6 Å². The summed E-state index contributed by atoms with van der Waals surface area (Å²) in [6.07, 6.45) is 4.92. The highest BCUT2D eigenvalue weighted by Gasteiger charge is 2.45. The van der Waals surface area contributed by atoms with Crippen LogP contribution in [0, 0.1) is 0 Å². The number of rotatable bonds is 3. The number of aromatic amines is 1. The van der Waals surface area contributed by atoms with Gasteiger partial charge in [-0.1, -0.05) is 12.1 Å². The van der Waals surface area contributed by atoms with Crippen molar-refractivity contribution in [3.63, 3.8) is 0 Å². The molecule has 3 N–H and O–H groups in total. The summed E-state index contributed by atoms with van der Waals surface area (Å²) >= 11 is 0. The Hall–Kier alpha value is -3.09. The zero-order chi connectivity index (χ0) is 17.7. The van der Waals surface area contributed by atoms with Crippen LogP contribution in [-0.4, -0.2) is 50.9 Å². The molecule has 7 heteroatoms. The van der Waals surface area contributed by atoms with E-state index in [0.29, 0.717) is 12.5 Å². The van der Waals surface area contributed by atoms with Gasteiger partial charge < -0.3 is 20.5 Å². The van der Waals surface area contributed by atoms with Gasteiger partial charge in [-0.2, -0.15) is 0 Å². The number of amides is 1. The highest BCUT2D eigenvalue weighted by molar-refractivity contribution is 5.88. The Bertz CT molecular complexity index is 966. The first-order valence-electron chi connectivity index (χ1n) is 8.87. The van der Waals surface area contributed by atoms with Gasteiger partial charge in [0.2, 0.25) is 5.91 Å². The Morgan fingerprint density at radius 2 is 2.00 bits per heavy atom. The number of hydrogen-bond donors (Lipinski definition) is 2. The van der Waals surface area contributed by atoms with Crippen LogP contribution in [0.4, 0.5) is 11.5 Å². The number of benzene rings is 1. The first kappa shape index (κ1) is 15.2. The third-order valence-corrected chi connectivity index (χ3v) is 5.50. The van der Waals surface area contributed by atoms with E-state index in [4.69, 9.17) is 5.73 Å². The molecule has 2 atom stereocenters. The molecule has 2 unspecified atom stereocenters. The molecule has 1 aromatic carbocycles. The Balaban J connectivity index is 1.32. The SMILES string of the molecule is Nc1ccc(CC(=O)N2CC3CC2CN3c2ncnc3[nH]ccc23)cc1. The van der Waals surface area contributed by atoms with Gasteiger partial charge in [0, 0.05) is 25.0 Å². The van der Waals surface area contributed by atoms with Gasteiger partial charge >= 0.3 is 0 Å². The third kappa shape index (κ3) is 2.39. The van der Waals surface area contributed by atoms with Crippen LogP contribution in [0.2, 0.25) is 0 Å². The molecule has 1 amide bonds. The molecule has 7 nitrogen and oxygen atoms in total. The molecule has 5 rings (SSSR count). The molecule has 26 heavy (non-hydrogen) atoms. The number of aromatic nitrogens is 3. The molecule has 2 fully saturated rings. The van der Waals surface area contributed by atoms with Crippen LogP contribution in [-0.2, 0) is 11.2 Å². The maximum Gasteiger partial charge on any atom is 0.227 e. The number of nitrogens with two attached hydrogens (primary N) is 1.